The molecule has 2 atom stereocenters. The first-order valence-electron chi connectivity index (χ1n) is 7.08. The first kappa shape index (κ1) is 14.4. The number of likely N-dealkylation sites (N-methyl/N-ethyl adjacent to an activating group) is 1. The molecule has 3 rings (SSSR count). The second-order valence-electron chi connectivity index (χ2n) is 5.77. The molecule has 0 amide bonds. The van der Waals surface area contributed by atoms with Crippen LogP contribution in [0.3, 0.4) is 0 Å². The Morgan fingerprint density at radius 2 is 2.00 bits per heavy atom. The number of ether oxygens (including phenoxy) is 1. The van der Waals surface area contributed by atoms with Crippen molar-refractivity contribution in [1.29, 1.82) is 0 Å². The molecule has 1 aromatic rings. The smallest absolute Gasteiger partial charge is 0.419 e. The lowest BCUT2D eigenvalue weighted by atomic mass is 9.94. The number of hydrogen-bond acceptors (Lipinski definition) is 2. The summed E-state index contributed by atoms with van der Waals surface area (Å²) in [7, 11) is 3.39. The summed E-state index contributed by atoms with van der Waals surface area (Å²) in [6.07, 6.45) is 0.971. The highest BCUT2D eigenvalue weighted by Crippen LogP contribution is 2.41. The molecule has 2 unspecified atom stereocenters. The van der Waals surface area contributed by atoms with Gasteiger partial charge in [0.25, 0.3) is 0 Å². The Hall–Kier alpha value is -1.49. The van der Waals surface area contributed by atoms with E-state index >= 15 is 0 Å². The van der Waals surface area contributed by atoms with Gasteiger partial charge in [-0.25, -0.2) is 0 Å². The fourth-order valence-corrected chi connectivity index (χ4v) is 3.38. The van der Waals surface area contributed by atoms with Crippen molar-refractivity contribution in [3.63, 3.8) is 0 Å². The zero-order chi connectivity index (χ0) is 15.2. The quantitative estimate of drug-likeness (QED) is 0.819. The van der Waals surface area contributed by atoms with Crippen molar-refractivity contribution in [2.24, 2.45) is 0 Å². The van der Waals surface area contributed by atoms with Gasteiger partial charge in [-0.15, -0.1) is 0 Å². The fourth-order valence-electron chi connectivity index (χ4n) is 3.38. The summed E-state index contributed by atoms with van der Waals surface area (Å²) in [6, 6.07) is 5.10. The minimum Gasteiger partial charge on any atom is -0.496 e. The molecule has 0 N–H and O–H groups in total. The van der Waals surface area contributed by atoms with Crippen molar-refractivity contribution in [3.05, 3.63) is 35.4 Å². The normalized spacial score (nSPS) is 25.9. The first-order valence-corrected chi connectivity index (χ1v) is 7.08. The van der Waals surface area contributed by atoms with E-state index < -0.39 is 11.7 Å². The summed E-state index contributed by atoms with van der Waals surface area (Å²) in [5, 5.41) is 0. The van der Waals surface area contributed by atoms with Gasteiger partial charge in [0.05, 0.1) is 12.7 Å². The molecule has 2 bridgehead atoms. The van der Waals surface area contributed by atoms with Gasteiger partial charge >= 0.3 is 6.18 Å². The van der Waals surface area contributed by atoms with Gasteiger partial charge in [0.2, 0.25) is 0 Å². The predicted molar refractivity (Wildman–Crippen MR) is 75.2 cm³/mol. The summed E-state index contributed by atoms with van der Waals surface area (Å²) in [6.45, 7) is 0. The van der Waals surface area contributed by atoms with E-state index in [9.17, 15) is 13.2 Å². The Kier molecular flexibility index (Phi) is 3.48. The average Bonchev–Trinajstić information content (AvgIpc) is 2.66. The molecule has 2 aliphatic rings. The highest BCUT2D eigenvalue weighted by molar-refractivity contribution is 5.69. The van der Waals surface area contributed by atoms with Crippen LogP contribution in [0.4, 0.5) is 13.2 Å². The third-order valence-electron chi connectivity index (χ3n) is 4.62. The monoisotopic (exact) mass is 297 g/mol. The minimum atomic E-state index is -4.38. The largest absolute Gasteiger partial charge is 0.496 e. The number of fused-ring (bicyclic) bond motifs is 2. The Labute approximate surface area is 122 Å². The zero-order valence-corrected chi connectivity index (χ0v) is 12.1. The first-order chi connectivity index (χ1) is 9.90. The topological polar surface area (TPSA) is 12.5 Å². The Bertz CT molecular complexity index is 579. The molecule has 0 aromatic heterocycles. The molecule has 1 saturated heterocycles. The van der Waals surface area contributed by atoms with Gasteiger partial charge in [-0.2, -0.15) is 13.2 Å². The van der Waals surface area contributed by atoms with Crippen LogP contribution >= 0.6 is 0 Å². The van der Waals surface area contributed by atoms with Gasteiger partial charge in [-0.05, 0) is 49.6 Å². The maximum Gasteiger partial charge on any atom is 0.419 e. The Morgan fingerprint density at radius 1 is 1.24 bits per heavy atom. The molecule has 0 aliphatic carbocycles. The van der Waals surface area contributed by atoms with Crippen LogP contribution in [0, 0.1) is 0 Å². The molecule has 114 valence electrons. The van der Waals surface area contributed by atoms with Gasteiger partial charge < -0.3 is 4.74 Å². The van der Waals surface area contributed by atoms with E-state index in [1.807, 2.05) is 0 Å². The van der Waals surface area contributed by atoms with Gasteiger partial charge in [-0.3, -0.25) is 4.90 Å². The van der Waals surface area contributed by atoms with E-state index in [4.69, 9.17) is 4.74 Å². The lowest BCUT2D eigenvalue weighted by Crippen LogP contribution is -2.34. The van der Waals surface area contributed by atoms with Crippen LogP contribution in [-0.4, -0.2) is 31.1 Å². The van der Waals surface area contributed by atoms with Gasteiger partial charge in [0.1, 0.15) is 5.75 Å². The summed E-state index contributed by atoms with van der Waals surface area (Å²) in [4.78, 5) is 2.35. The standard InChI is InChI=1S/C16H18F3NO/c1-20-12-4-5-13(20)8-11(7-12)10-3-6-14(16(17,18)19)15(9-10)21-2/h3,6-7,9,12-13H,4-5,8H2,1-2H3. The van der Waals surface area contributed by atoms with Crippen molar-refractivity contribution < 1.29 is 17.9 Å². The molecule has 1 fully saturated rings. The van der Waals surface area contributed by atoms with Crippen molar-refractivity contribution in [2.75, 3.05) is 14.2 Å². The minimum absolute atomic E-state index is 0.104. The van der Waals surface area contributed by atoms with E-state index in [0.717, 1.165) is 36.5 Å². The average molecular weight is 297 g/mol. The molecule has 2 nitrogen and oxygen atoms in total. The van der Waals surface area contributed by atoms with E-state index in [0.29, 0.717) is 12.1 Å². The molecule has 2 heterocycles. The van der Waals surface area contributed by atoms with Gasteiger partial charge in [0, 0.05) is 12.1 Å². The molecule has 21 heavy (non-hydrogen) atoms. The predicted octanol–water partition coefficient (Wildman–Crippen LogP) is 3.96. The molecule has 0 saturated carbocycles. The maximum atomic E-state index is 12.9. The van der Waals surface area contributed by atoms with E-state index in [1.165, 1.54) is 13.2 Å². The number of methoxy groups -OCH3 is 1. The summed E-state index contributed by atoms with van der Waals surface area (Å²) >= 11 is 0. The maximum absolute atomic E-state index is 12.9. The lowest BCUT2D eigenvalue weighted by Gasteiger charge is -2.30. The van der Waals surface area contributed by atoms with Crippen LogP contribution in [0.25, 0.3) is 5.57 Å². The summed E-state index contributed by atoms with van der Waals surface area (Å²) < 4.78 is 43.6. The number of benzene rings is 1. The van der Waals surface area contributed by atoms with Gasteiger partial charge in [-0.1, -0.05) is 12.1 Å². The third kappa shape index (κ3) is 2.55. The Balaban J connectivity index is 1.96. The molecular weight excluding hydrogens is 279 g/mol. The second-order valence-corrected chi connectivity index (χ2v) is 5.77. The number of alkyl halides is 3. The van der Waals surface area contributed by atoms with E-state index in [-0.39, 0.29) is 5.75 Å². The van der Waals surface area contributed by atoms with Crippen LogP contribution in [0.1, 0.15) is 30.4 Å². The van der Waals surface area contributed by atoms with Crippen LogP contribution in [0.15, 0.2) is 24.3 Å². The van der Waals surface area contributed by atoms with Crippen LogP contribution in [0.5, 0.6) is 5.75 Å². The van der Waals surface area contributed by atoms with Crippen LogP contribution in [0.2, 0.25) is 0 Å². The van der Waals surface area contributed by atoms with Crippen molar-refractivity contribution in [2.45, 2.75) is 37.5 Å². The summed E-state index contributed by atoms with van der Waals surface area (Å²) in [5.74, 6) is -0.104. The SMILES string of the molecule is COc1cc(C2=CC3CCC(C2)N3C)ccc1C(F)(F)F. The van der Waals surface area contributed by atoms with Crippen LogP contribution in [-0.2, 0) is 6.18 Å². The van der Waals surface area contributed by atoms with Crippen LogP contribution < -0.4 is 4.74 Å². The number of nitrogens with zero attached hydrogens (tertiary/aromatic N) is 1. The molecule has 1 aromatic carbocycles. The molecule has 5 heteroatoms. The molecule has 2 aliphatic heterocycles. The number of rotatable bonds is 2. The van der Waals surface area contributed by atoms with Crippen molar-refractivity contribution in [3.8, 4) is 5.75 Å². The number of hydrogen-bond donors (Lipinski definition) is 0. The third-order valence-corrected chi connectivity index (χ3v) is 4.62. The summed E-state index contributed by atoms with van der Waals surface area (Å²) in [5.41, 5.74) is 1.25. The highest BCUT2D eigenvalue weighted by Gasteiger charge is 2.36. The lowest BCUT2D eigenvalue weighted by molar-refractivity contribution is -0.138. The molecule has 0 spiro atoms. The van der Waals surface area contributed by atoms with Crippen molar-refractivity contribution in [1.82, 2.24) is 4.90 Å². The fraction of sp³-hybridized carbons (Fsp3) is 0.500. The highest BCUT2D eigenvalue weighted by atomic mass is 19.4. The molecule has 0 radical (unpaired) electrons. The zero-order valence-electron chi connectivity index (χ0n) is 12.1. The Morgan fingerprint density at radius 3 is 2.62 bits per heavy atom. The second kappa shape index (κ2) is 5.05. The van der Waals surface area contributed by atoms with Crippen molar-refractivity contribution >= 4 is 5.57 Å². The number of halogens is 3. The van der Waals surface area contributed by atoms with E-state index in [1.54, 1.807) is 6.07 Å². The van der Waals surface area contributed by atoms with E-state index in [2.05, 4.69) is 18.0 Å². The van der Waals surface area contributed by atoms with Gasteiger partial charge in [0.15, 0.2) is 0 Å². The molecular formula is C16H18F3NO.